The van der Waals surface area contributed by atoms with Crippen LogP contribution in [0.1, 0.15) is 34.8 Å². The Morgan fingerprint density at radius 1 is 1.20 bits per heavy atom. The fourth-order valence-electron chi connectivity index (χ4n) is 3.20. The van der Waals surface area contributed by atoms with Gasteiger partial charge >= 0.3 is 0 Å². The van der Waals surface area contributed by atoms with Crippen molar-refractivity contribution in [1.29, 1.82) is 0 Å². The minimum absolute atomic E-state index is 0.156. The third-order valence-electron chi connectivity index (χ3n) is 4.64. The molecule has 1 aliphatic rings. The lowest BCUT2D eigenvalue weighted by atomic mass is 10.0. The number of anilines is 1. The molecule has 2 aromatic carbocycles. The van der Waals surface area contributed by atoms with Crippen LogP contribution in [0.25, 0.3) is 16.6 Å². The van der Waals surface area contributed by atoms with Gasteiger partial charge in [0.1, 0.15) is 5.69 Å². The number of fused-ring (bicyclic) bond motifs is 1. The number of aromatic nitrogens is 2. The number of carbonyl (C=O) groups excluding carboxylic acids is 1. The summed E-state index contributed by atoms with van der Waals surface area (Å²) in [6, 6.07) is 11.5. The third kappa shape index (κ3) is 2.74. The van der Waals surface area contributed by atoms with E-state index >= 15 is 0 Å². The van der Waals surface area contributed by atoms with Gasteiger partial charge < -0.3 is 10.6 Å². The van der Waals surface area contributed by atoms with Crippen LogP contribution in [0.2, 0.25) is 5.02 Å². The highest BCUT2D eigenvalue weighted by Crippen LogP contribution is 2.45. The molecule has 1 amide bonds. The second-order valence-corrected chi connectivity index (χ2v) is 6.73. The molecule has 0 saturated heterocycles. The summed E-state index contributed by atoms with van der Waals surface area (Å²) in [7, 11) is 3.56. The summed E-state index contributed by atoms with van der Waals surface area (Å²) in [5, 5.41) is 12.2. The van der Waals surface area contributed by atoms with Crippen molar-refractivity contribution in [3.05, 3.63) is 52.7 Å². The molecule has 1 aliphatic carbocycles. The number of amides is 1. The molecule has 0 spiro atoms. The van der Waals surface area contributed by atoms with E-state index in [0.717, 1.165) is 22.3 Å². The molecular formula is C19H19ClN4O. The fraction of sp³-hybridized carbons (Fsp3) is 0.263. The summed E-state index contributed by atoms with van der Waals surface area (Å²) in [6.45, 7) is 0. The molecule has 0 bridgehead atoms. The molecule has 0 unspecified atom stereocenters. The monoisotopic (exact) mass is 354 g/mol. The van der Waals surface area contributed by atoms with Crippen LogP contribution in [0.5, 0.6) is 0 Å². The number of carbonyl (C=O) groups is 1. The van der Waals surface area contributed by atoms with Gasteiger partial charge in [-0.3, -0.25) is 4.79 Å². The van der Waals surface area contributed by atoms with Crippen LogP contribution >= 0.6 is 11.6 Å². The Hall–Kier alpha value is -2.53. The molecule has 1 aromatic heterocycles. The lowest BCUT2D eigenvalue weighted by Crippen LogP contribution is -2.21. The molecule has 3 aromatic rings. The van der Waals surface area contributed by atoms with Gasteiger partial charge in [0.2, 0.25) is 0 Å². The largest absolute Gasteiger partial charge is 0.388 e. The summed E-state index contributed by atoms with van der Waals surface area (Å²) in [5.74, 6) is 0.416. The van der Waals surface area contributed by atoms with Gasteiger partial charge in [0.25, 0.3) is 5.91 Å². The van der Waals surface area contributed by atoms with E-state index in [9.17, 15) is 4.79 Å². The minimum Gasteiger partial charge on any atom is -0.388 e. The lowest BCUT2D eigenvalue weighted by Gasteiger charge is -2.09. The normalized spacial score (nSPS) is 13.9. The van der Waals surface area contributed by atoms with Crippen LogP contribution in [0.15, 0.2) is 36.4 Å². The molecule has 1 fully saturated rings. The summed E-state index contributed by atoms with van der Waals surface area (Å²) < 4.78 is 1.69. The van der Waals surface area contributed by atoms with E-state index in [1.165, 1.54) is 18.4 Å². The van der Waals surface area contributed by atoms with E-state index in [-0.39, 0.29) is 5.91 Å². The third-order valence-corrected chi connectivity index (χ3v) is 4.89. The number of hydrogen-bond acceptors (Lipinski definition) is 3. The first kappa shape index (κ1) is 16.0. The molecule has 0 atom stereocenters. The topological polar surface area (TPSA) is 59.0 Å². The first-order valence-corrected chi connectivity index (χ1v) is 8.72. The van der Waals surface area contributed by atoms with E-state index in [4.69, 9.17) is 11.6 Å². The van der Waals surface area contributed by atoms with Crippen LogP contribution < -0.4 is 10.6 Å². The summed E-state index contributed by atoms with van der Waals surface area (Å²) in [5.41, 5.74) is 4.49. The Bertz CT molecular complexity index is 958. The smallest absolute Gasteiger partial charge is 0.270 e. The first-order chi connectivity index (χ1) is 12.1. The Morgan fingerprint density at radius 2 is 1.92 bits per heavy atom. The molecule has 6 heteroatoms. The Balaban J connectivity index is 1.98. The van der Waals surface area contributed by atoms with Gasteiger partial charge in [-0.1, -0.05) is 11.6 Å². The van der Waals surface area contributed by atoms with Crippen LogP contribution in [-0.2, 0) is 0 Å². The van der Waals surface area contributed by atoms with E-state index in [2.05, 4.69) is 21.8 Å². The van der Waals surface area contributed by atoms with Crippen LogP contribution in [0.4, 0.5) is 5.69 Å². The number of benzene rings is 2. The molecule has 128 valence electrons. The number of hydrogen-bond donors (Lipinski definition) is 2. The van der Waals surface area contributed by atoms with Crippen LogP contribution in [0.3, 0.4) is 0 Å². The SMILES string of the molecule is CNC(=O)c1c2cc(C3CC3)c(NC)cc2nn1-c1ccc(Cl)cc1. The molecule has 4 rings (SSSR count). The van der Waals surface area contributed by atoms with Crippen molar-refractivity contribution in [2.45, 2.75) is 18.8 Å². The minimum atomic E-state index is -0.156. The van der Waals surface area contributed by atoms with Crippen molar-refractivity contribution in [3.63, 3.8) is 0 Å². The molecule has 1 heterocycles. The summed E-state index contributed by atoms with van der Waals surface area (Å²) in [4.78, 5) is 12.6. The van der Waals surface area contributed by atoms with E-state index in [1.54, 1.807) is 23.9 Å². The average molecular weight is 355 g/mol. The van der Waals surface area contributed by atoms with Crippen molar-refractivity contribution in [3.8, 4) is 5.69 Å². The van der Waals surface area contributed by atoms with Gasteiger partial charge in [0.05, 0.1) is 11.2 Å². The Labute approximate surface area is 151 Å². The van der Waals surface area contributed by atoms with Gasteiger partial charge in [0.15, 0.2) is 0 Å². The maximum atomic E-state index is 12.6. The van der Waals surface area contributed by atoms with Gasteiger partial charge in [-0.15, -0.1) is 0 Å². The predicted molar refractivity (Wildman–Crippen MR) is 101 cm³/mol. The summed E-state index contributed by atoms with van der Waals surface area (Å²) >= 11 is 5.99. The maximum absolute atomic E-state index is 12.6. The highest BCUT2D eigenvalue weighted by atomic mass is 35.5. The second kappa shape index (κ2) is 6.08. The van der Waals surface area contributed by atoms with E-state index in [1.807, 2.05) is 25.2 Å². The molecule has 0 radical (unpaired) electrons. The van der Waals surface area contributed by atoms with Gasteiger partial charge in [0, 0.05) is 30.2 Å². The highest BCUT2D eigenvalue weighted by molar-refractivity contribution is 6.30. The highest BCUT2D eigenvalue weighted by Gasteiger charge is 2.28. The number of halogens is 1. The molecule has 1 saturated carbocycles. The van der Waals surface area contributed by atoms with Crippen molar-refractivity contribution in [2.75, 3.05) is 19.4 Å². The molecule has 25 heavy (non-hydrogen) atoms. The van der Waals surface area contributed by atoms with Gasteiger partial charge in [-0.05, 0) is 60.7 Å². The molecule has 2 N–H and O–H groups in total. The number of rotatable bonds is 4. The van der Waals surface area contributed by atoms with E-state index in [0.29, 0.717) is 16.6 Å². The molecule has 5 nitrogen and oxygen atoms in total. The maximum Gasteiger partial charge on any atom is 0.270 e. The van der Waals surface area contributed by atoms with Crippen molar-refractivity contribution < 1.29 is 4.79 Å². The standard InChI is InChI=1S/C19H19ClN4O/c1-21-16-10-17-15(9-14(16)11-3-4-11)18(19(25)22-2)24(23-17)13-7-5-12(20)6-8-13/h5-11,21H,3-4H2,1-2H3,(H,22,25). The average Bonchev–Trinajstić information content (AvgIpc) is 3.41. The zero-order valence-corrected chi connectivity index (χ0v) is 14.9. The van der Waals surface area contributed by atoms with Gasteiger partial charge in [-0.25, -0.2) is 4.68 Å². The summed E-state index contributed by atoms with van der Waals surface area (Å²) in [6.07, 6.45) is 2.39. The molecular weight excluding hydrogens is 336 g/mol. The second-order valence-electron chi connectivity index (χ2n) is 6.30. The van der Waals surface area contributed by atoms with E-state index < -0.39 is 0 Å². The van der Waals surface area contributed by atoms with Gasteiger partial charge in [-0.2, -0.15) is 5.10 Å². The zero-order valence-electron chi connectivity index (χ0n) is 14.1. The zero-order chi connectivity index (χ0) is 17.6. The van der Waals surface area contributed by atoms with Crippen molar-refractivity contribution in [2.24, 2.45) is 0 Å². The lowest BCUT2D eigenvalue weighted by molar-refractivity contribution is 0.0957. The Kier molecular flexibility index (Phi) is 3.88. The fourth-order valence-corrected chi connectivity index (χ4v) is 3.33. The van der Waals surface area contributed by atoms with Crippen molar-refractivity contribution >= 4 is 34.1 Å². The quantitative estimate of drug-likeness (QED) is 0.745. The van der Waals surface area contributed by atoms with Crippen LogP contribution in [0, 0.1) is 0 Å². The van der Waals surface area contributed by atoms with Crippen LogP contribution in [-0.4, -0.2) is 29.8 Å². The number of nitrogens with zero attached hydrogens (tertiary/aromatic N) is 2. The number of nitrogens with one attached hydrogen (secondary N) is 2. The Morgan fingerprint density at radius 3 is 2.52 bits per heavy atom. The predicted octanol–water partition coefficient (Wildman–Crippen LogP) is 3.96. The van der Waals surface area contributed by atoms with Crippen molar-refractivity contribution in [1.82, 2.24) is 15.1 Å². The molecule has 0 aliphatic heterocycles. The first-order valence-electron chi connectivity index (χ1n) is 8.35.